The van der Waals surface area contributed by atoms with Crippen molar-refractivity contribution in [3.63, 3.8) is 0 Å². The maximum Gasteiger partial charge on any atom is 0.278 e. The van der Waals surface area contributed by atoms with Gasteiger partial charge in [0.25, 0.3) is 5.91 Å². The van der Waals surface area contributed by atoms with E-state index in [0.717, 1.165) is 15.6 Å². The molecule has 4 rings (SSSR count). The number of nitrogens with zero attached hydrogens (tertiary/aromatic N) is 4. The second kappa shape index (κ2) is 8.96. The summed E-state index contributed by atoms with van der Waals surface area (Å²) in [5, 5.41) is 11.1. The van der Waals surface area contributed by atoms with Gasteiger partial charge >= 0.3 is 0 Å². The van der Waals surface area contributed by atoms with Crippen molar-refractivity contribution in [3.05, 3.63) is 75.3 Å². The lowest BCUT2D eigenvalue weighted by molar-refractivity contribution is 0.102. The van der Waals surface area contributed by atoms with Crippen LogP contribution < -0.4 is 10.1 Å². The molecular weight excluding hydrogens is 474 g/mol. The highest BCUT2D eigenvalue weighted by molar-refractivity contribution is 9.10. The largest absolute Gasteiger partial charge is 0.496 e. The van der Waals surface area contributed by atoms with E-state index in [2.05, 4.69) is 36.5 Å². The molecule has 0 radical (unpaired) electrons. The van der Waals surface area contributed by atoms with Crippen LogP contribution in [0.5, 0.6) is 5.75 Å². The number of benzene rings is 2. The first kappa shape index (κ1) is 21.8. The fraction of sp³-hybridized carbons (Fsp3) is 0.217. The Morgan fingerprint density at radius 3 is 2.72 bits per heavy atom. The number of hydrogen-bond acceptors (Lipinski definition) is 6. The molecule has 0 aliphatic heterocycles. The zero-order chi connectivity index (χ0) is 22.8. The van der Waals surface area contributed by atoms with E-state index >= 15 is 0 Å². The minimum atomic E-state index is -0.329. The number of aryl methyl sites for hydroxylation is 2. The number of hydrogen-bond donors (Lipinski definition) is 1. The summed E-state index contributed by atoms with van der Waals surface area (Å²) in [6, 6.07) is 13.2. The van der Waals surface area contributed by atoms with Gasteiger partial charge in [0.05, 0.1) is 30.6 Å². The van der Waals surface area contributed by atoms with Gasteiger partial charge < -0.3 is 14.5 Å². The highest BCUT2D eigenvalue weighted by Crippen LogP contribution is 2.30. The molecule has 9 heteroatoms. The monoisotopic (exact) mass is 495 g/mol. The molecule has 1 N–H and O–H groups in total. The van der Waals surface area contributed by atoms with Crippen molar-refractivity contribution in [2.24, 2.45) is 0 Å². The number of carbonyl (C=O) groups is 1. The van der Waals surface area contributed by atoms with Gasteiger partial charge in [0.15, 0.2) is 5.69 Å². The van der Waals surface area contributed by atoms with Crippen molar-refractivity contribution in [2.45, 2.75) is 27.3 Å². The molecule has 0 saturated carbocycles. The molecule has 0 fully saturated rings. The van der Waals surface area contributed by atoms with Gasteiger partial charge in [0.2, 0.25) is 5.89 Å². The molecule has 0 atom stereocenters. The summed E-state index contributed by atoms with van der Waals surface area (Å²) in [5.41, 5.74) is 4.11. The molecule has 0 unspecified atom stereocenters. The maximum absolute atomic E-state index is 12.8. The highest BCUT2D eigenvalue weighted by Gasteiger charge is 2.20. The van der Waals surface area contributed by atoms with Crippen LogP contribution in [0.4, 0.5) is 5.69 Å². The zero-order valence-electron chi connectivity index (χ0n) is 18.1. The SMILES string of the molecule is COc1ccccc1-c1nc(Cn2nnc(C(=O)Nc3ccc(C)cc3Br)c2C)c(C)o1. The first-order valence-corrected chi connectivity index (χ1v) is 10.7. The Kier molecular flexibility index (Phi) is 6.09. The van der Waals surface area contributed by atoms with E-state index in [0.29, 0.717) is 41.0 Å². The van der Waals surface area contributed by atoms with E-state index < -0.39 is 0 Å². The van der Waals surface area contributed by atoms with E-state index in [-0.39, 0.29) is 11.6 Å². The zero-order valence-corrected chi connectivity index (χ0v) is 19.7. The minimum absolute atomic E-state index is 0.253. The number of ether oxygens (including phenoxy) is 1. The van der Waals surface area contributed by atoms with Crippen molar-refractivity contribution >= 4 is 27.5 Å². The van der Waals surface area contributed by atoms with Crippen molar-refractivity contribution in [3.8, 4) is 17.2 Å². The van der Waals surface area contributed by atoms with Gasteiger partial charge in [-0.2, -0.15) is 0 Å². The van der Waals surface area contributed by atoms with Gasteiger partial charge in [-0.15, -0.1) is 5.10 Å². The Balaban J connectivity index is 1.55. The number of aromatic nitrogens is 4. The Morgan fingerprint density at radius 2 is 1.97 bits per heavy atom. The Morgan fingerprint density at radius 1 is 1.19 bits per heavy atom. The third-order valence-corrected chi connectivity index (χ3v) is 5.76. The van der Waals surface area contributed by atoms with Crippen molar-refractivity contribution in [1.29, 1.82) is 0 Å². The topological polar surface area (TPSA) is 95.1 Å². The normalized spacial score (nSPS) is 10.9. The first-order chi connectivity index (χ1) is 15.4. The molecule has 2 aromatic carbocycles. The van der Waals surface area contributed by atoms with Crippen LogP contribution in [0.2, 0.25) is 0 Å². The Labute approximate surface area is 193 Å². The molecule has 0 bridgehead atoms. The lowest BCUT2D eigenvalue weighted by atomic mass is 10.2. The maximum atomic E-state index is 12.8. The lowest BCUT2D eigenvalue weighted by Crippen LogP contribution is -2.15. The van der Waals surface area contributed by atoms with Crippen LogP contribution in [-0.4, -0.2) is 33.0 Å². The van der Waals surface area contributed by atoms with Crippen molar-refractivity contribution in [2.75, 3.05) is 12.4 Å². The van der Waals surface area contributed by atoms with Crippen LogP contribution in [0.1, 0.15) is 33.2 Å². The van der Waals surface area contributed by atoms with E-state index in [9.17, 15) is 4.79 Å². The van der Waals surface area contributed by atoms with Crippen molar-refractivity contribution < 1.29 is 13.9 Å². The molecule has 0 aliphatic carbocycles. The fourth-order valence-corrected chi connectivity index (χ4v) is 3.87. The van der Waals surface area contributed by atoms with Gasteiger partial charge in [-0.1, -0.05) is 23.4 Å². The van der Waals surface area contributed by atoms with E-state index in [1.165, 1.54) is 0 Å². The number of nitrogens with one attached hydrogen (secondary N) is 1. The second-order valence-electron chi connectivity index (χ2n) is 7.34. The van der Waals surface area contributed by atoms with Crippen LogP contribution in [0.3, 0.4) is 0 Å². The molecule has 164 valence electrons. The van der Waals surface area contributed by atoms with Crippen LogP contribution in [0, 0.1) is 20.8 Å². The van der Waals surface area contributed by atoms with E-state index in [4.69, 9.17) is 9.15 Å². The van der Waals surface area contributed by atoms with Crippen LogP contribution in [-0.2, 0) is 6.54 Å². The number of oxazole rings is 1. The number of methoxy groups -OCH3 is 1. The Hall–Kier alpha value is -3.46. The van der Waals surface area contributed by atoms with Crippen LogP contribution in [0.15, 0.2) is 51.4 Å². The minimum Gasteiger partial charge on any atom is -0.496 e. The number of anilines is 1. The van der Waals surface area contributed by atoms with E-state index in [1.54, 1.807) is 18.7 Å². The molecular formula is C23H22BrN5O3. The van der Waals surface area contributed by atoms with Gasteiger partial charge in [0.1, 0.15) is 17.2 Å². The third kappa shape index (κ3) is 4.29. The van der Waals surface area contributed by atoms with E-state index in [1.807, 2.05) is 56.3 Å². The highest BCUT2D eigenvalue weighted by atomic mass is 79.9. The predicted octanol–water partition coefficient (Wildman–Crippen LogP) is 4.93. The number of carbonyl (C=O) groups excluding carboxylic acids is 1. The van der Waals surface area contributed by atoms with Gasteiger partial charge in [-0.05, 0) is 66.5 Å². The van der Waals surface area contributed by atoms with Crippen LogP contribution in [0.25, 0.3) is 11.5 Å². The average molecular weight is 496 g/mol. The number of para-hydroxylation sites is 1. The lowest BCUT2D eigenvalue weighted by Gasteiger charge is -2.07. The summed E-state index contributed by atoms with van der Waals surface area (Å²) >= 11 is 3.47. The van der Waals surface area contributed by atoms with Gasteiger partial charge in [-0.25, -0.2) is 9.67 Å². The quantitative estimate of drug-likeness (QED) is 0.407. The molecule has 4 aromatic rings. The molecule has 0 saturated heterocycles. The van der Waals surface area contributed by atoms with Crippen LogP contribution >= 0.6 is 15.9 Å². The Bertz CT molecular complexity index is 1290. The first-order valence-electron chi connectivity index (χ1n) is 9.94. The molecule has 8 nitrogen and oxygen atoms in total. The van der Waals surface area contributed by atoms with Crippen molar-refractivity contribution in [1.82, 2.24) is 20.0 Å². The summed E-state index contributed by atoms with van der Waals surface area (Å²) < 4.78 is 13.7. The summed E-state index contributed by atoms with van der Waals surface area (Å²) in [7, 11) is 1.61. The molecule has 2 aromatic heterocycles. The molecule has 0 aliphatic rings. The molecule has 0 spiro atoms. The van der Waals surface area contributed by atoms with Gasteiger partial charge in [0, 0.05) is 4.47 Å². The number of rotatable bonds is 6. The molecule has 2 heterocycles. The molecule has 1 amide bonds. The molecule has 32 heavy (non-hydrogen) atoms. The second-order valence-corrected chi connectivity index (χ2v) is 8.20. The average Bonchev–Trinajstić information content (AvgIpc) is 3.33. The predicted molar refractivity (Wildman–Crippen MR) is 124 cm³/mol. The number of halogens is 1. The number of amides is 1. The van der Waals surface area contributed by atoms with Gasteiger partial charge in [-0.3, -0.25) is 4.79 Å². The summed E-state index contributed by atoms with van der Waals surface area (Å²) in [6.07, 6.45) is 0. The summed E-state index contributed by atoms with van der Waals surface area (Å²) in [6.45, 7) is 5.95. The summed E-state index contributed by atoms with van der Waals surface area (Å²) in [5.74, 6) is 1.48. The third-order valence-electron chi connectivity index (χ3n) is 5.10. The fourth-order valence-electron chi connectivity index (χ4n) is 3.28. The smallest absolute Gasteiger partial charge is 0.278 e. The summed E-state index contributed by atoms with van der Waals surface area (Å²) in [4.78, 5) is 17.4. The standard InChI is InChI=1S/C23H22BrN5O3/c1-13-9-10-18(17(24)11-13)25-22(30)21-14(2)29(28-27-21)12-19-15(3)32-23(26-19)16-7-5-6-8-20(16)31-4/h5-11H,12H2,1-4H3,(H,25,30).